The van der Waals surface area contributed by atoms with Gasteiger partial charge in [0.1, 0.15) is 12.0 Å². The fourth-order valence-electron chi connectivity index (χ4n) is 1.08. The van der Waals surface area contributed by atoms with Crippen LogP contribution in [0.4, 0.5) is 0 Å². The van der Waals surface area contributed by atoms with Crippen LogP contribution >= 0.6 is 15.9 Å². The van der Waals surface area contributed by atoms with Gasteiger partial charge >= 0.3 is 0 Å². The van der Waals surface area contributed by atoms with Gasteiger partial charge in [-0.2, -0.15) is 5.10 Å². The average molecular weight is 239 g/mol. The van der Waals surface area contributed by atoms with Gasteiger partial charge in [-0.15, -0.1) is 0 Å². The van der Waals surface area contributed by atoms with Gasteiger partial charge in [0.2, 0.25) is 0 Å². The molecule has 0 saturated heterocycles. The van der Waals surface area contributed by atoms with Crippen molar-refractivity contribution in [1.82, 2.24) is 19.7 Å². The topological polar surface area (TPSA) is 43.6 Å². The van der Waals surface area contributed by atoms with Gasteiger partial charge in [-0.25, -0.2) is 9.97 Å². The number of rotatable bonds is 1. The van der Waals surface area contributed by atoms with Gasteiger partial charge in [0.25, 0.3) is 0 Å². The van der Waals surface area contributed by atoms with E-state index in [0.717, 1.165) is 15.7 Å². The van der Waals surface area contributed by atoms with Crippen LogP contribution < -0.4 is 0 Å². The normalized spacial score (nSPS) is 10.3. The summed E-state index contributed by atoms with van der Waals surface area (Å²) in [7, 11) is 1.87. The highest BCUT2D eigenvalue weighted by Crippen LogP contribution is 2.24. The van der Waals surface area contributed by atoms with Gasteiger partial charge in [-0.3, -0.25) is 4.68 Å². The van der Waals surface area contributed by atoms with Crippen molar-refractivity contribution in [1.29, 1.82) is 0 Å². The minimum absolute atomic E-state index is 0.864. The molecule has 0 saturated carbocycles. The highest BCUT2D eigenvalue weighted by atomic mass is 79.9. The Balaban J connectivity index is 2.53. The van der Waals surface area contributed by atoms with Crippen LogP contribution in [-0.2, 0) is 7.05 Å². The number of hydrogen-bond donors (Lipinski definition) is 0. The molecule has 0 atom stereocenters. The summed E-state index contributed by atoms with van der Waals surface area (Å²) in [5, 5.41) is 4.27. The molecule has 2 heterocycles. The summed E-state index contributed by atoms with van der Waals surface area (Å²) in [5.74, 6) is 0. The van der Waals surface area contributed by atoms with Crippen molar-refractivity contribution >= 4 is 15.9 Å². The molecule has 0 radical (unpaired) electrons. The maximum absolute atomic E-state index is 4.27. The lowest BCUT2D eigenvalue weighted by atomic mass is 10.2. The van der Waals surface area contributed by atoms with Crippen molar-refractivity contribution in [3.05, 3.63) is 29.4 Å². The molecule has 5 heteroatoms. The van der Waals surface area contributed by atoms with E-state index in [2.05, 4.69) is 31.0 Å². The second-order valence-electron chi connectivity index (χ2n) is 2.63. The first kappa shape index (κ1) is 8.37. The summed E-state index contributed by atoms with van der Waals surface area (Å²) in [4.78, 5) is 7.86. The third-order valence-corrected chi connectivity index (χ3v) is 2.20. The molecule has 0 spiro atoms. The van der Waals surface area contributed by atoms with E-state index in [4.69, 9.17) is 0 Å². The van der Waals surface area contributed by atoms with Gasteiger partial charge < -0.3 is 0 Å². The zero-order valence-corrected chi connectivity index (χ0v) is 8.56. The fraction of sp³-hybridized carbons (Fsp3) is 0.125. The molecule has 2 rings (SSSR count). The lowest BCUT2D eigenvalue weighted by Crippen LogP contribution is -1.88. The zero-order chi connectivity index (χ0) is 9.26. The molecule has 4 nitrogen and oxygen atoms in total. The summed E-state index contributed by atoms with van der Waals surface area (Å²) in [6.07, 6.45) is 6.86. The van der Waals surface area contributed by atoms with Crippen molar-refractivity contribution in [3.8, 4) is 11.3 Å². The van der Waals surface area contributed by atoms with Crippen molar-refractivity contribution in [2.45, 2.75) is 0 Å². The molecule has 0 aliphatic carbocycles. The van der Waals surface area contributed by atoms with Crippen molar-refractivity contribution in [2.24, 2.45) is 7.05 Å². The third kappa shape index (κ3) is 1.60. The average Bonchev–Trinajstić information content (AvgIpc) is 2.47. The Hall–Kier alpha value is -1.23. The van der Waals surface area contributed by atoms with Gasteiger partial charge in [0.15, 0.2) is 0 Å². The molecule has 0 bridgehead atoms. The standard InChI is InChI=1S/C8H7BrN4/c1-13-4-7(9)8(12-13)6-2-10-5-11-3-6/h2-5H,1H3. The van der Waals surface area contributed by atoms with E-state index >= 15 is 0 Å². The van der Waals surface area contributed by atoms with E-state index in [-0.39, 0.29) is 0 Å². The van der Waals surface area contributed by atoms with Gasteiger partial charge in [0.05, 0.1) is 4.47 Å². The second-order valence-corrected chi connectivity index (χ2v) is 3.48. The number of nitrogens with zero attached hydrogens (tertiary/aromatic N) is 4. The number of aryl methyl sites for hydroxylation is 1. The van der Waals surface area contributed by atoms with Crippen molar-refractivity contribution < 1.29 is 0 Å². The molecule has 2 aromatic rings. The minimum atomic E-state index is 0.864. The Morgan fingerprint density at radius 3 is 2.54 bits per heavy atom. The molecule has 2 aromatic heterocycles. The van der Waals surface area contributed by atoms with E-state index in [1.807, 2.05) is 13.2 Å². The van der Waals surface area contributed by atoms with Crippen LogP contribution in [0.15, 0.2) is 29.4 Å². The maximum atomic E-state index is 4.27. The summed E-state index contributed by atoms with van der Waals surface area (Å²) >= 11 is 3.41. The number of halogens is 1. The van der Waals surface area contributed by atoms with E-state index in [9.17, 15) is 0 Å². The SMILES string of the molecule is Cn1cc(Br)c(-c2cncnc2)n1. The molecule has 0 N–H and O–H groups in total. The highest BCUT2D eigenvalue weighted by Gasteiger charge is 2.07. The first-order chi connectivity index (χ1) is 6.27. The fourth-order valence-corrected chi connectivity index (χ4v) is 1.68. The van der Waals surface area contributed by atoms with E-state index in [1.54, 1.807) is 17.1 Å². The molecule has 0 amide bonds. The zero-order valence-electron chi connectivity index (χ0n) is 6.98. The van der Waals surface area contributed by atoms with E-state index in [1.165, 1.54) is 6.33 Å². The van der Waals surface area contributed by atoms with Gasteiger partial charge in [-0.05, 0) is 15.9 Å². The molecule has 13 heavy (non-hydrogen) atoms. The summed E-state index contributed by atoms with van der Waals surface area (Å²) < 4.78 is 2.69. The van der Waals surface area contributed by atoms with Crippen LogP contribution in [0.25, 0.3) is 11.3 Å². The summed E-state index contributed by atoms with van der Waals surface area (Å²) in [6.45, 7) is 0. The molecule has 0 fully saturated rings. The lowest BCUT2D eigenvalue weighted by molar-refractivity contribution is 0.770. The minimum Gasteiger partial charge on any atom is -0.274 e. The Morgan fingerprint density at radius 2 is 2.00 bits per heavy atom. The molecule has 0 aromatic carbocycles. The molecular formula is C8H7BrN4. The molecule has 0 aliphatic heterocycles. The van der Waals surface area contributed by atoms with Crippen LogP contribution in [0.2, 0.25) is 0 Å². The van der Waals surface area contributed by atoms with Crippen LogP contribution in [0.3, 0.4) is 0 Å². The van der Waals surface area contributed by atoms with E-state index in [0.29, 0.717) is 0 Å². The largest absolute Gasteiger partial charge is 0.274 e. The Bertz CT molecular complexity index is 409. The quantitative estimate of drug-likeness (QED) is 0.759. The monoisotopic (exact) mass is 238 g/mol. The predicted octanol–water partition coefficient (Wildman–Crippen LogP) is 1.64. The summed E-state index contributed by atoms with van der Waals surface area (Å²) in [5.41, 5.74) is 1.78. The smallest absolute Gasteiger partial charge is 0.115 e. The predicted molar refractivity (Wildman–Crippen MR) is 51.9 cm³/mol. The summed E-state index contributed by atoms with van der Waals surface area (Å²) in [6, 6.07) is 0. The van der Waals surface area contributed by atoms with Crippen LogP contribution in [0.5, 0.6) is 0 Å². The number of aromatic nitrogens is 4. The first-order valence-corrected chi connectivity index (χ1v) is 4.51. The highest BCUT2D eigenvalue weighted by molar-refractivity contribution is 9.10. The maximum Gasteiger partial charge on any atom is 0.115 e. The van der Waals surface area contributed by atoms with Crippen LogP contribution in [0.1, 0.15) is 0 Å². The third-order valence-electron chi connectivity index (χ3n) is 1.62. The molecular weight excluding hydrogens is 232 g/mol. The van der Waals surface area contributed by atoms with E-state index < -0.39 is 0 Å². The van der Waals surface area contributed by atoms with Crippen molar-refractivity contribution in [3.63, 3.8) is 0 Å². The first-order valence-electron chi connectivity index (χ1n) is 3.72. The molecule has 0 unspecified atom stereocenters. The van der Waals surface area contributed by atoms with Gasteiger partial charge in [0, 0.05) is 31.2 Å². The molecule has 66 valence electrons. The Kier molecular flexibility index (Phi) is 2.10. The van der Waals surface area contributed by atoms with Gasteiger partial charge in [-0.1, -0.05) is 0 Å². The lowest BCUT2D eigenvalue weighted by Gasteiger charge is -1.93. The number of hydrogen-bond acceptors (Lipinski definition) is 3. The Labute approximate surface area is 83.8 Å². The second kappa shape index (κ2) is 3.26. The van der Waals surface area contributed by atoms with Crippen LogP contribution in [0, 0.1) is 0 Å². The Morgan fingerprint density at radius 1 is 1.31 bits per heavy atom. The molecule has 0 aliphatic rings. The van der Waals surface area contributed by atoms with Crippen molar-refractivity contribution in [2.75, 3.05) is 0 Å². The van der Waals surface area contributed by atoms with Crippen LogP contribution in [-0.4, -0.2) is 19.7 Å².